The first-order valence-corrected chi connectivity index (χ1v) is 10.8. The van der Waals surface area contributed by atoms with Crippen LogP contribution >= 0.6 is 11.3 Å². The van der Waals surface area contributed by atoms with Gasteiger partial charge in [0.05, 0.1) is 10.9 Å². The Morgan fingerprint density at radius 3 is 2.45 bits per heavy atom. The largest absolute Gasteiger partial charge is 0.489 e. The zero-order chi connectivity index (χ0) is 21.1. The lowest BCUT2D eigenvalue weighted by atomic mass is 10.0. The van der Waals surface area contributed by atoms with E-state index in [1.54, 1.807) is 0 Å². The van der Waals surface area contributed by atoms with Crippen molar-refractivity contribution in [1.29, 1.82) is 0 Å². The summed E-state index contributed by atoms with van der Waals surface area (Å²) >= 11 is 1.46. The number of hydrogen-bond acceptors (Lipinski definition) is 3. The molecule has 29 heavy (non-hydrogen) atoms. The second-order valence-electron chi connectivity index (χ2n) is 7.87. The van der Waals surface area contributed by atoms with Crippen molar-refractivity contribution in [2.24, 2.45) is 0 Å². The number of nitrogens with one attached hydrogen (secondary N) is 1. The number of hydrogen-bond donors (Lipinski definition) is 1. The third-order valence-electron chi connectivity index (χ3n) is 5.28. The number of carbonyl (C=O) groups is 1. The molecule has 0 radical (unpaired) electrons. The molecule has 0 aliphatic carbocycles. The van der Waals surface area contributed by atoms with E-state index in [0.717, 1.165) is 22.4 Å². The maximum atomic E-state index is 12.7. The average Bonchev–Trinajstić information content (AvgIpc) is 3.12. The summed E-state index contributed by atoms with van der Waals surface area (Å²) < 4.78 is 6.03. The summed E-state index contributed by atoms with van der Waals surface area (Å²) in [5, 5.41) is 5.11. The third-order valence-corrected chi connectivity index (χ3v) is 6.25. The second kappa shape index (κ2) is 8.83. The number of rotatable bonds is 6. The van der Waals surface area contributed by atoms with Crippen LogP contribution in [-0.4, -0.2) is 5.91 Å². The smallest absolute Gasteiger partial charge is 0.261 e. The maximum absolute atomic E-state index is 12.7. The molecule has 1 atom stereocenters. The van der Waals surface area contributed by atoms with E-state index in [-0.39, 0.29) is 11.9 Å². The molecule has 0 bridgehead atoms. The second-order valence-corrected chi connectivity index (χ2v) is 8.78. The van der Waals surface area contributed by atoms with Crippen LogP contribution in [-0.2, 0) is 6.61 Å². The molecule has 0 aliphatic rings. The van der Waals surface area contributed by atoms with E-state index < -0.39 is 0 Å². The van der Waals surface area contributed by atoms with Crippen LogP contribution in [0, 0.1) is 34.6 Å². The maximum Gasteiger partial charge on any atom is 0.261 e. The molecule has 0 fully saturated rings. The van der Waals surface area contributed by atoms with E-state index in [1.807, 2.05) is 18.4 Å². The number of carbonyl (C=O) groups excluding carboxylic acids is 1. The number of benzene rings is 2. The number of aryl methyl sites for hydroxylation is 4. The topological polar surface area (TPSA) is 38.3 Å². The van der Waals surface area contributed by atoms with E-state index in [1.165, 1.54) is 33.6 Å². The summed E-state index contributed by atoms with van der Waals surface area (Å²) in [5.41, 5.74) is 8.16. The summed E-state index contributed by atoms with van der Waals surface area (Å²) in [5.74, 6) is 0.861. The van der Waals surface area contributed by atoms with E-state index in [9.17, 15) is 4.79 Å². The molecule has 4 heteroatoms. The molecule has 0 aliphatic heterocycles. The molecule has 0 spiro atoms. The normalized spacial score (nSPS) is 11.9. The van der Waals surface area contributed by atoms with Crippen molar-refractivity contribution in [3.05, 3.63) is 85.6 Å². The Balaban J connectivity index is 1.64. The Bertz CT molecular complexity index is 1040. The lowest BCUT2D eigenvalue weighted by molar-refractivity contribution is 0.0944. The summed E-state index contributed by atoms with van der Waals surface area (Å²) in [4.78, 5) is 13.4. The first-order chi connectivity index (χ1) is 13.7. The van der Waals surface area contributed by atoms with Crippen LogP contribution in [0.4, 0.5) is 0 Å². The highest BCUT2D eigenvalue weighted by molar-refractivity contribution is 7.12. The lowest BCUT2D eigenvalue weighted by Crippen LogP contribution is -2.26. The molecule has 3 nitrogen and oxygen atoms in total. The number of amides is 1. The number of thiophene rings is 1. The van der Waals surface area contributed by atoms with Gasteiger partial charge in [0.2, 0.25) is 0 Å². The van der Waals surface area contributed by atoms with Crippen molar-refractivity contribution in [1.82, 2.24) is 5.32 Å². The van der Waals surface area contributed by atoms with Crippen molar-refractivity contribution < 1.29 is 9.53 Å². The van der Waals surface area contributed by atoms with Gasteiger partial charge in [0.15, 0.2) is 0 Å². The Morgan fingerprint density at radius 1 is 1.00 bits per heavy atom. The van der Waals surface area contributed by atoms with E-state index in [0.29, 0.717) is 11.5 Å². The van der Waals surface area contributed by atoms with Crippen LogP contribution in [0.5, 0.6) is 5.75 Å². The fraction of sp³-hybridized carbons (Fsp3) is 0.320. The minimum atomic E-state index is -0.0451. The molecule has 1 heterocycles. The van der Waals surface area contributed by atoms with Gasteiger partial charge in [-0.05, 0) is 86.9 Å². The molecular weight excluding hydrogens is 378 g/mol. The van der Waals surface area contributed by atoms with Crippen molar-refractivity contribution in [2.75, 3.05) is 0 Å². The minimum absolute atomic E-state index is 0.0391. The summed E-state index contributed by atoms with van der Waals surface area (Å²) in [6.45, 7) is 12.9. The molecule has 0 saturated carbocycles. The monoisotopic (exact) mass is 407 g/mol. The van der Waals surface area contributed by atoms with Crippen molar-refractivity contribution in [3.8, 4) is 5.75 Å². The van der Waals surface area contributed by atoms with Gasteiger partial charge in [0.25, 0.3) is 5.91 Å². The Labute approximate surface area is 177 Å². The van der Waals surface area contributed by atoms with Gasteiger partial charge in [0, 0.05) is 5.56 Å². The highest BCUT2D eigenvalue weighted by Gasteiger charge is 2.15. The van der Waals surface area contributed by atoms with Crippen LogP contribution in [0.15, 0.2) is 41.8 Å². The predicted molar refractivity (Wildman–Crippen MR) is 121 cm³/mol. The van der Waals surface area contributed by atoms with Crippen LogP contribution in [0.2, 0.25) is 0 Å². The Kier molecular flexibility index (Phi) is 6.43. The summed E-state index contributed by atoms with van der Waals surface area (Å²) in [6.07, 6.45) is 0. The fourth-order valence-electron chi connectivity index (χ4n) is 3.54. The van der Waals surface area contributed by atoms with Gasteiger partial charge in [-0.2, -0.15) is 0 Å². The van der Waals surface area contributed by atoms with Crippen LogP contribution in [0.25, 0.3) is 0 Å². The van der Waals surface area contributed by atoms with Gasteiger partial charge in [-0.3, -0.25) is 4.79 Å². The van der Waals surface area contributed by atoms with Crippen LogP contribution < -0.4 is 10.1 Å². The first-order valence-electron chi connectivity index (χ1n) is 9.90. The van der Waals surface area contributed by atoms with Crippen LogP contribution in [0.1, 0.15) is 61.6 Å². The van der Waals surface area contributed by atoms with Gasteiger partial charge in [-0.15, -0.1) is 11.3 Å². The standard InChI is InChI=1S/C25H29NO2S/c1-15-7-8-22(18(4)9-15)20(6)26-25(27)24-12-21(14-29-24)13-28-23-11-16(2)10-17(3)19(23)5/h7-12,14,20H,13H2,1-6H3,(H,26,27). The lowest BCUT2D eigenvalue weighted by Gasteiger charge is -2.16. The minimum Gasteiger partial charge on any atom is -0.489 e. The Hall–Kier alpha value is -2.59. The molecule has 3 aromatic rings. The van der Waals surface area contributed by atoms with E-state index in [2.05, 4.69) is 70.3 Å². The predicted octanol–water partition coefficient (Wildman–Crippen LogP) is 6.36. The van der Waals surface area contributed by atoms with Crippen molar-refractivity contribution in [2.45, 2.75) is 54.2 Å². The van der Waals surface area contributed by atoms with E-state index in [4.69, 9.17) is 4.74 Å². The molecule has 1 aromatic heterocycles. The average molecular weight is 408 g/mol. The molecule has 152 valence electrons. The van der Waals surface area contributed by atoms with Gasteiger partial charge >= 0.3 is 0 Å². The third kappa shape index (κ3) is 5.07. The quantitative estimate of drug-likeness (QED) is 0.516. The molecule has 1 unspecified atom stereocenters. The fourth-order valence-corrected chi connectivity index (χ4v) is 4.34. The molecule has 1 amide bonds. The molecule has 0 saturated heterocycles. The van der Waals surface area contributed by atoms with E-state index >= 15 is 0 Å². The number of ether oxygens (including phenoxy) is 1. The highest BCUT2D eigenvalue weighted by atomic mass is 32.1. The van der Waals surface area contributed by atoms with Crippen molar-refractivity contribution in [3.63, 3.8) is 0 Å². The van der Waals surface area contributed by atoms with Crippen LogP contribution in [0.3, 0.4) is 0 Å². The van der Waals surface area contributed by atoms with Crippen molar-refractivity contribution >= 4 is 17.2 Å². The summed E-state index contributed by atoms with van der Waals surface area (Å²) in [6, 6.07) is 12.4. The van der Waals surface area contributed by atoms with Gasteiger partial charge in [-0.1, -0.05) is 29.8 Å². The highest BCUT2D eigenvalue weighted by Crippen LogP contribution is 2.25. The molecule has 3 rings (SSSR count). The molecular formula is C25H29NO2S. The summed E-state index contributed by atoms with van der Waals surface area (Å²) in [7, 11) is 0. The SMILES string of the molecule is Cc1ccc(C(C)NC(=O)c2cc(COc3cc(C)cc(C)c3C)cs2)c(C)c1. The zero-order valence-corrected chi connectivity index (χ0v) is 18.9. The first kappa shape index (κ1) is 21.1. The molecule has 1 N–H and O–H groups in total. The van der Waals surface area contributed by atoms with Gasteiger partial charge in [-0.25, -0.2) is 0 Å². The zero-order valence-electron chi connectivity index (χ0n) is 18.1. The van der Waals surface area contributed by atoms with Gasteiger partial charge < -0.3 is 10.1 Å². The Morgan fingerprint density at radius 2 is 1.72 bits per heavy atom. The molecule has 2 aromatic carbocycles. The van der Waals surface area contributed by atoms with Gasteiger partial charge in [0.1, 0.15) is 12.4 Å².